The number of ether oxygens (including phenoxy) is 4. The van der Waals surface area contributed by atoms with Gasteiger partial charge in [0, 0.05) is 13.2 Å². The quantitative estimate of drug-likeness (QED) is 0.311. The third-order valence-corrected chi connectivity index (χ3v) is 3.08. The summed E-state index contributed by atoms with van der Waals surface area (Å²) in [4.78, 5) is 22.9. The first-order chi connectivity index (χ1) is 10.8. The van der Waals surface area contributed by atoms with Crippen LogP contribution in [-0.2, 0) is 28.5 Å². The van der Waals surface area contributed by atoms with E-state index in [9.17, 15) is 9.59 Å². The lowest BCUT2D eigenvalue weighted by Gasteiger charge is -2.16. The van der Waals surface area contributed by atoms with Crippen LogP contribution in [0.3, 0.4) is 0 Å². The van der Waals surface area contributed by atoms with Gasteiger partial charge in [0.1, 0.15) is 0 Å². The van der Waals surface area contributed by atoms with Crippen molar-refractivity contribution in [2.24, 2.45) is 0 Å². The van der Waals surface area contributed by atoms with Gasteiger partial charge in [-0.3, -0.25) is 0 Å². The Labute approximate surface area is 138 Å². The van der Waals surface area contributed by atoms with E-state index in [2.05, 4.69) is 13.2 Å². The van der Waals surface area contributed by atoms with Crippen molar-refractivity contribution in [2.45, 2.75) is 46.3 Å². The van der Waals surface area contributed by atoms with Gasteiger partial charge in [0.2, 0.25) is 0 Å². The molecule has 0 radical (unpaired) electrons. The molecule has 0 aliphatic heterocycles. The molecule has 0 aromatic heterocycles. The largest absolute Gasteiger partial charge is 0.463 e. The van der Waals surface area contributed by atoms with E-state index in [0.29, 0.717) is 32.8 Å². The topological polar surface area (TPSA) is 71.1 Å². The molecule has 0 aromatic rings. The van der Waals surface area contributed by atoms with Crippen LogP contribution in [0.4, 0.5) is 0 Å². The summed E-state index contributed by atoms with van der Waals surface area (Å²) >= 11 is 0. The van der Waals surface area contributed by atoms with Gasteiger partial charge in [-0.15, -0.1) is 0 Å². The molecule has 0 saturated heterocycles. The summed E-state index contributed by atoms with van der Waals surface area (Å²) in [5, 5.41) is 0. The Morgan fingerprint density at radius 1 is 0.826 bits per heavy atom. The standard InChI is InChI=1S/C17H28O6/c1-7-20-16(18)12(3)14(5)22-10-9-11-23-15(6)13(4)17(19)21-8-2/h14-15H,3-4,7-11H2,1-2,5-6H3. The van der Waals surface area contributed by atoms with Crippen LogP contribution in [0.2, 0.25) is 0 Å². The Morgan fingerprint density at radius 2 is 1.17 bits per heavy atom. The molecule has 0 fully saturated rings. The second-order valence-corrected chi connectivity index (χ2v) is 4.87. The summed E-state index contributed by atoms with van der Waals surface area (Å²) in [5.74, 6) is -0.897. The maximum absolute atomic E-state index is 11.5. The maximum Gasteiger partial charge on any atom is 0.336 e. The monoisotopic (exact) mass is 328 g/mol. The number of hydrogen-bond donors (Lipinski definition) is 0. The molecule has 0 amide bonds. The predicted molar refractivity (Wildman–Crippen MR) is 87.0 cm³/mol. The lowest BCUT2D eigenvalue weighted by Crippen LogP contribution is -2.22. The fraction of sp³-hybridized carbons (Fsp3) is 0.647. The Kier molecular flexibility index (Phi) is 11.0. The molecule has 0 spiro atoms. The molecule has 2 atom stereocenters. The summed E-state index contributed by atoms with van der Waals surface area (Å²) in [6, 6.07) is 0. The van der Waals surface area contributed by atoms with Crippen molar-refractivity contribution in [2.75, 3.05) is 26.4 Å². The van der Waals surface area contributed by atoms with E-state index in [-0.39, 0.29) is 11.1 Å². The van der Waals surface area contributed by atoms with Gasteiger partial charge in [0.25, 0.3) is 0 Å². The van der Waals surface area contributed by atoms with Gasteiger partial charge >= 0.3 is 11.9 Å². The highest BCUT2D eigenvalue weighted by Gasteiger charge is 2.17. The van der Waals surface area contributed by atoms with Crippen molar-refractivity contribution >= 4 is 11.9 Å². The van der Waals surface area contributed by atoms with Crippen LogP contribution in [-0.4, -0.2) is 50.6 Å². The summed E-state index contributed by atoms with van der Waals surface area (Å²) in [6.07, 6.45) is -0.220. The first-order valence-electron chi connectivity index (χ1n) is 7.80. The zero-order valence-electron chi connectivity index (χ0n) is 14.6. The molecule has 0 aliphatic carbocycles. The van der Waals surface area contributed by atoms with Crippen molar-refractivity contribution in [3.8, 4) is 0 Å². The molecule has 0 saturated carbocycles. The van der Waals surface area contributed by atoms with Crippen LogP contribution < -0.4 is 0 Å². The summed E-state index contributed by atoms with van der Waals surface area (Å²) in [7, 11) is 0. The molecule has 0 aromatic carbocycles. The van der Waals surface area contributed by atoms with Gasteiger partial charge in [0.15, 0.2) is 0 Å². The van der Waals surface area contributed by atoms with Crippen LogP contribution in [0.5, 0.6) is 0 Å². The van der Waals surface area contributed by atoms with Gasteiger partial charge in [-0.25, -0.2) is 9.59 Å². The smallest absolute Gasteiger partial charge is 0.336 e. The van der Waals surface area contributed by atoms with Gasteiger partial charge in [-0.1, -0.05) is 13.2 Å². The third-order valence-electron chi connectivity index (χ3n) is 3.08. The van der Waals surface area contributed by atoms with Crippen LogP contribution in [0, 0.1) is 0 Å². The molecule has 132 valence electrons. The van der Waals surface area contributed by atoms with Gasteiger partial charge in [-0.2, -0.15) is 0 Å². The molecule has 6 heteroatoms. The fourth-order valence-electron chi connectivity index (χ4n) is 1.56. The van der Waals surface area contributed by atoms with E-state index in [1.165, 1.54) is 0 Å². The average molecular weight is 328 g/mol. The minimum absolute atomic E-state index is 0.289. The zero-order valence-corrected chi connectivity index (χ0v) is 14.6. The molecule has 0 N–H and O–H groups in total. The number of rotatable bonds is 12. The molecular formula is C17H28O6. The Bertz CT molecular complexity index is 377. The van der Waals surface area contributed by atoms with E-state index in [1.807, 2.05) is 0 Å². The van der Waals surface area contributed by atoms with Gasteiger partial charge in [-0.05, 0) is 34.1 Å². The maximum atomic E-state index is 11.5. The highest BCUT2D eigenvalue weighted by Crippen LogP contribution is 2.09. The van der Waals surface area contributed by atoms with Crippen molar-refractivity contribution < 1.29 is 28.5 Å². The average Bonchev–Trinajstić information content (AvgIpc) is 2.52. The first-order valence-corrected chi connectivity index (χ1v) is 7.80. The number of carbonyl (C=O) groups is 2. The number of carbonyl (C=O) groups excluding carboxylic acids is 2. The Hall–Kier alpha value is -1.66. The van der Waals surface area contributed by atoms with Crippen LogP contribution in [0.15, 0.2) is 24.3 Å². The second-order valence-electron chi connectivity index (χ2n) is 4.87. The van der Waals surface area contributed by atoms with Gasteiger partial charge < -0.3 is 18.9 Å². The number of hydrogen-bond acceptors (Lipinski definition) is 6. The Balaban J connectivity index is 3.92. The molecule has 0 heterocycles. The molecule has 23 heavy (non-hydrogen) atoms. The predicted octanol–water partition coefficient (Wildman–Crippen LogP) is 2.43. The van der Waals surface area contributed by atoms with E-state index < -0.39 is 24.1 Å². The summed E-state index contributed by atoms with van der Waals surface area (Å²) < 4.78 is 20.7. The van der Waals surface area contributed by atoms with Crippen molar-refractivity contribution in [3.63, 3.8) is 0 Å². The Morgan fingerprint density at radius 3 is 1.48 bits per heavy atom. The van der Waals surface area contributed by atoms with Crippen LogP contribution in [0.25, 0.3) is 0 Å². The minimum atomic E-state index is -0.449. The summed E-state index contributed by atoms with van der Waals surface area (Å²) in [5.41, 5.74) is 0.577. The highest BCUT2D eigenvalue weighted by atomic mass is 16.5. The minimum Gasteiger partial charge on any atom is -0.463 e. The summed E-state index contributed by atoms with van der Waals surface area (Å²) in [6.45, 7) is 15.7. The van der Waals surface area contributed by atoms with Crippen LogP contribution >= 0.6 is 0 Å². The van der Waals surface area contributed by atoms with Crippen LogP contribution in [0.1, 0.15) is 34.1 Å². The second kappa shape index (κ2) is 11.8. The highest BCUT2D eigenvalue weighted by molar-refractivity contribution is 5.89. The molecule has 6 nitrogen and oxygen atoms in total. The molecule has 0 bridgehead atoms. The fourth-order valence-corrected chi connectivity index (χ4v) is 1.56. The molecular weight excluding hydrogens is 300 g/mol. The number of esters is 2. The lowest BCUT2D eigenvalue weighted by molar-refractivity contribution is -0.140. The van der Waals surface area contributed by atoms with Crippen molar-refractivity contribution in [1.82, 2.24) is 0 Å². The molecule has 2 unspecified atom stereocenters. The SMILES string of the molecule is C=C(C(=O)OCC)C(C)OCCCOC(C)C(=C)C(=O)OCC. The van der Waals surface area contributed by atoms with Crippen molar-refractivity contribution in [3.05, 3.63) is 24.3 Å². The molecule has 0 aliphatic rings. The molecule has 0 rings (SSSR count). The van der Waals surface area contributed by atoms with E-state index in [0.717, 1.165) is 0 Å². The normalized spacial score (nSPS) is 13.0. The van der Waals surface area contributed by atoms with E-state index >= 15 is 0 Å². The van der Waals surface area contributed by atoms with E-state index in [4.69, 9.17) is 18.9 Å². The lowest BCUT2D eigenvalue weighted by atomic mass is 10.2. The van der Waals surface area contributed by atoms with Gasteiger partial charge in [0.05, 0.1) is 36.6 Å². The van der Waals surface area contributed by atoms with Crippen molar-refractivity contribution in [1.29, 1.82) is 0 Å². The van der Waals surface area contributed by atoms with E-state index in [1.54, 1.807) is 27.7 Å². The first kappa shape index (κ1) is 21.3. The third kappa shape index (κ3) is 8.52. The zero-order chi connectivity index (χ0) is 17.8.